The van der Waals surface area contributed by atoms with Gasteiger partial charge in [0.05, 0.1) is 26.4 Å². The molecular weight excluding hydrogens is 254 g/mol. The molecule has 3 aliphatic rings. The molecule has 0 spiro atoms. The third kappa shape index (κ3) is 2.63. The van der Waals surface area contributed by atoms with Crippen molar-refractivity contribution >= 4 is 0 Å². The monoisotopic (exact) mass is 283 g/mol. The van der Waals surface area contributed by atoms with Gasteiger partial charge in [-0.25, -0.2) is 0 Å². The number of ether oxygens (including phenoxy) is 3. The van der Waals surface area contributed by atoms with Crippen LogP contribution in [0.15, 0.2) is 0 Å². The topological polar surface area (TPSA) is 30.9 Å². The first-order valence-electron chi connectivity index (χ1n) is 8.10. The molecule has 0 bridgehead atoms. The van der Waals surface area contributed by atoms with E-state index in [4.69, 9.17) is 14.2 Å². The minimum absolute atomic E-state index is 0.325. The van der Waals surface area contributed by atoms with Gasteiger partial charge in [-0.1, -0.05) is 13.8 Å². The van der Waals surface area contributed by atoms with Gasteiger partial charge in [0.1, 0.15) is 0 Å². The van der Waals surface area contributed by atoms with Crippen LogP contribution in [0.1, 0.15) is 33.6 Å². The van der Waals surface area contributed by atoms with Crippen molar-refractivity contribution in [2.24, 2.45) is 17.3 Å². The number of nitrogens with zero attached hydrogens (tertiary/aromatic N) is 1. The minimum atomic E-state index is -0.334. The predicted octanol–water partition coefficient (Wildman–Crippen LogP) is 2.13. The Labute approximate surface area is 122 Å². The molecule has 116 valence electrons. The van der Waals surface area contributed by atoms with Gasteiger partial charge in [-0.05, 0) is 37.6 Å². The van der Waals surface area contributed by atoms with Crippen LogP contribution in [0.2, 0.25) is 0 Å². The van der Waals surface area contributed by atoms with Crippen molar-refractivity contribution in [2.45, 2.75) is 39.4 Å². The molecule has 0 aromatic heterocycles. The number of hydrogen-bond donors (Lipinski definition) is 0. The van der Waals surface area contributed by atoms with Gasteiger partial charge >= 0.3 is 0 Å². The van der Waals surface area contributed by atoms with Crippen LogP contribution in [0.25, 0.3) is 0 Å². The van der Waals surface area contributed by atoms with E-state index in [1.807, 2.05) is 0 Å². The molecule has 2 heterocycles. The average Bonchev–Trinajstić information content (AvgIpc) is 2.86. The molecule has 1 aliphatic carbocycles. The molecule has 0 amide bonds. The van der Waals surface area contributed by atoms with E-state index in [0.29, 0.717) is 11.3 Å². The van der Waals surface area contributed by atoms with Crippen molar-refractivity contribution in [1.29, 1.82) is 0 Å². The average molecular weight is 283 g/mol. The second kappa shape index (κ2) is 5.56. The van der Waals surface area contributed by atoms with Crippen molar-refractivity contribution in [3.05, 3.63) is 0 Å². The summed E-state index contributed by atoms with van der Waals surface area (Å²) in [5, 5.41) is 0. The van der Waals surface area contributed by atoms with E-state index >= 15 is 0 Å². The summed E-state index contributed by atoms with van der Waals surface area (Å²) in [6.07, 6.45) is 2.54. The molecule has 3 fully saturated rings. The lowest BCUT2D eigenvalue weighted by Gasteiger charge is -2.57. The molecule has 2 saturated heterocycles. The predicted molar refractivity (Wildman–Crippen MR) is 77.6 cm³/mol. The standard InChI is InChI=1S/C16H29NO3/c1-15(2)13(4-5-17-6-8-18-9-7-17)12-14(15)16(3)19-10-11-20-16/h13-14H,4-12H2,1-3H3/t13-,14+/m0/s1. The second-order valence-electron chi connectivity index (χ2n) is 7.26. The summed E-state index contributed by atoms with van der Waals surface area (Å²) in [6.45, 7) is 13.6. The molecule has 0 aromatic carbocycles. The molecule has 4 nitrogen and oxygen atoms in total. The molecule has 0 radical (unpaired) electrons. The van der Waals surface area contributed by atoms with Crippen LogP contribution in [0.3, 0.4) is 0 Å². The van der Waals surface area contributed by atoms with E-state index in [2.05, 4.69) is 25.7 Å². The Bertz CT molecular complexity index is 333. The maximum atomic E-state index is 5.87. The fourth-order valence-electron chi connectivity index (χ4n) is 4.29. The highest BCUT2D eigenvalue weighted by atomic mass is 16.7. The third-order valence-corrected chi connectivity index (χ3v) is 5.86. The van der Waals surface area contributed by atoms with Crippen molar-refractivity contribution in [2.75, 3.05) is 46.1 Å². The van der Waals surface area contributed by atoms with Crippen molar-refractivity contribution in [1.82, 2.24) is 4.90 Å². The van der Waals surface area contributed by atoms with Crippen LogP contribution in [0, 0.1) is 17.3 Å². The van der Waals surface area contributed by atoms with E-state index in [1.165, 1.54) is 19.4 Å². The van der Waals surface area contributed by atoms with Crippen molar-refractivity contribution in [3.63, 3.8) is 0 Å². The van der Waals surface area contributed by atoms with E-state index < -0.39 is 0 Å². The molecule has 0 N–H and O–H groups in total. The Morgan fingerprint density at radius 1 is 1.00 bits per heavy atom. The van der Waals surface area contributed by atoms with Crippen LogP contribution in [0.4, 0.5) is 0 Å². The Morgan fingerprint density at radius 2 is 1.65 bits per heavy atom. The molecule has 3 rings (SSSR count). The Morgan fingerprint density at radius 3 is 2.25 bits per heavy atom. The molecule has 20 heavy (non-hydrogen) atoms. The van der Waals surface area contributed by atoms with E-state index in [0.717, 1.165) is 45.4 Å². The summed E-state index contributed by atoms with van der Waals surface area (Å²) in [4.78, 5) is 2.54. The first kappa shape index (κ1) is 14.8. The molecule has 0 aromatic rings. The molecule has 2 atom stereocenters. The first-order chi connectivity index (χ1) is 9.52. The van der Waals surface area contributed by atoms with Gasteiger partial charge in [-0.3, -0.25) is 4.90 Å². The van der Waals surface area contributed by atoms with E-state index in [1.54, 1.807) is 0 Å². The number of hydrogen-bond acceptors (Lipinski definition) is 4. The fourth-order valence-corrected chi connectivity index (χ4v) is 4.29. The molecule has 2 aliphatic heterocycles. The molecular formula is C16H29NO3. The maximum absolute atomic E-state index is 5.87. The lowest BCUT2D eigenvalue weighted by molar-refractivity contribution is -0.254. The summed E-state index contributed by atoms with van der Waals surface area (Å²) in [6, 6.07) is 0. The summed E-state index contributed by atoms with van der Waals surface area (Å²) in [7, 11) is 0. The summed E-state index contributed by atoms with van der Waals surface area (Å²) < 4.78 is 17.2. The van der Waals surface area contributed by atoms with E-state index in [-0.39, 0.29) is 5.79 Å². The van der Waals surface area contributed by atoms with Crippen LogP contribution in [0.5, 0.6) is 0 Å². The lowest BCUT2D eigenvalue weighted by Crippen LogP contribution is -2.56. The van der Waals surface area contributed by atoms with Crippen LogP contribution >= 0.6 is 0 Å². The first-order valence-corrected chi connectivity index (χ1v) is 8.10. The highest BCUT2D eigenvalue weighted by molar-refractivity contribution is 5.02. The number of rotatable bonds is 4. The smallest absolute Gasteiger partial charge is 0.169 e. The highest BCUT2D eigenvalue weighted by Crippen LogP contribution is 2.58. The molecule has 4 heteroatoms. The summed E-state index contributed by atoms with van der Waals surface area (Å²) >= 11 is 0. The van der Waals surface area contributed by atoms with Gasteiger partial charge < -0.3 is 14.2 Å². The van der Waals surface area contributed by atoms with Gasteiger partial charge in [0.15, 0.2) is 5.79 Å². The zero-order valence-electron chi connectivity index (χ0n) is 13.2. The van der Waals surface area contributed by atoms with Crippen LogP contribution < -0.4 is 0 Å². The highest BCUT2D eigenvalue weighted by Gasteiger charge is 2.57. The Kier molecular flexibility index (Phi) is 4.10. The van der Waals surface area contributed by atoms with Crippen molar-refractivity contribution in [3.8, 4) is 0 Å². The zero-order valence-corrected chi connectivity index (χ0v) is 13.2. The maximum Gasteiger partial charge on any atom is 0.169 e. The number of morpholine rings is 1. The SMILES string of the molecule is CC1([C@@H]2C[C@H](CCN3CCOCC3)C2(C)C)OCCO1. The molecule has 0 unspecified atom stereocenters. The van der Waals surface area contributed by atoms with Crippen molar-refractivity contribution < 1.29 is 14.2 Å². The molecule has 1 saturated carbocycles. The summed E-state index contributed by atoms with van der Waals surface area (Å²) in [5.74, 6) is 0.992. The third-order valence-electron chi connectivity index (χ3n) is 5.86. The van der Waals surface area contributed by atoms with Gasteiger partial charge in [0.2, 0.25) is 0 Å². The van der Waals surface area contributed by atoms with Gasteiger partial charge in [0.25, 0.3) is 0 Å². The van der Waals surface area contributed by atoms with Gasteiger partial charge in [0, 0.05) is 19.0 Å². The quantitative estimate of drug-likeness (QED) is 0.791. The second-order valence-corrected chi connectivity index (χ2v) is 7.26. The lowest BCUT2D eigenvalue weighted by atomic mass is 9.51. The van der Waals surface area contributed by atoms with E-state index in [9.17, 15) is 0 Å². The Hall–Kier alpha value is -0.160. The van der Waals surface area contributed by atoms with Crippen LogP contribution in [-0.4, -0.2) is 56.7 Å². The van der Waals surface area contributed by atoms with Crippen LogP contribution in [-0.2, 0) is 14.2 Å². The van der Waals surface area contributed by atoms with Gasteiger partial charge in [-0.2, -0.15) is 0 Å². The fraction of sp³-hybridized carbons (Fsp3) is 1.00. The normalized spacial score (nSPS) is 36.8. The summed E-state index contributed by atoms with van der Waals surface area (Å²) in [5.41, 5.74) is 0.325. The zero-order chi connectivity index (χ0) is 14.2. The van der Waals surface area contributed by atoms with Gasteiger partial charge in [-0.15, -0.1) is 0 Å². The minimum Gasteiger partial charge on any atom is -0.379 e. The largest absolute Gasteiger partial charge is 0.379 e. The Balaban J connectivity index is 1.50.